The molecule has 2 rings (SSSR count). The number of rotatable bonds is 3. The van der Waals surface area contributed by atoms with Crippen molar-refractivity contribution in [2.24, 2.45) is 5.92 Å². The van der Waals surface area contributed by atoms with Gasteiger partial charge in [0, 0.05) is 12.7 Å². The quantitative estimate of drug-likeness (QED) is 0.894. The Bertz CT molecular complexity index is 467. The highest BCUT2D eigenvalue weighted by Crippen LogP contribution is 2.32. The second-order valence-electron chi connectivity index (χ2n) is 5.12. The summed E-state index contributed by atoms with van der Waals surface area (Å²) in [5.74, 6) is 0.540. The number of aliphatic hydroxyl groups is 1. The van der Waals surface area contributed by atoms with Gasteiger partial charge in [-0.25, -0.2) is 4.98 Å². The average molecular weight is 309 g/mol. The summed E-state index contributed by atoms with van der Waals surface area (Å²) in [5, 5.41) is 12.5. The third-order valence-electron chi connectivity index (χ3n) is 3.48. The van der Waals surface area contributed by atoms with Gasteiger partial charge in [0.2, 0.25) is 0 Å². The van der Waals surface area contributed by atoms with E-state index >= 15 is 0 Å². The average Bonchev–Trinajstić information content (AvgIpc) is 2.36. The van der Waals surface area contributed by atoms with E-state index in [1.54, 1.807) is 0 Å². The van der Waals surface area contributed by atoms with Crippen molar-refractivity contribution < 1.29 is 18.3 Å². The number of anilines is 1. The van der Waals surface area contributed by atoms with Crippen LogP contribution in [-0.4, -0.2) is 22.7 Å². The Morgan fingerprint density at radius 2 is 2.15 bits per heavy atom. The highest BCUT2D eigenvalue weighted by molar-refractivity contribution is 6.32. The van der Waals surface area contributed by atoms with E-state index in [4.69, 9.17) is 11.6 Å². The minimum absolute atomic E-state index is 0.0452. The van der Waals surface area contributed by atoms with Crippen LogP contribution in [0.3, 0.4) is 0 Å². The fourth-order valence-corrected chi connectivity index (χ4v) is 2.65. The lowest BCUT2D eigenvalue weighted by Gasteiger charge is -2.26. The molecule has 0 bridgehead atoms. The lowest BCUT2D eigenvalue weighted by Crippen LogP contribution is -2.25. The molecule has 2 atom stereocenters. The van der Waals surface area contributed by atoms with E-state index in [0.717, 1.165) is 31.5 Å². The van der Waals surface area contributed by atoms with Crippen LogP contribution in [0.1, 0.15) is 31.2 Å². The summed E-state index contributed by atoms with van der Waals surface area (Å²) in [4.78, 5) is 3.72. The van der Waals surface area contributed by atoms with E-state index in [2.05, 4.69) is 10.3 Å². The maximum atomic E-state index is 12.5. The van der Waals surface area contributed by atoms with Gasteiger partial charge in [0.25, 0.3) is 0 Å². The molecule has 0 spiro atoms. The van der Waals surface area contributed by atoms with Crippen LogP contribution in [0.5, 0.6) is 0 Å². The monoisotopic (exact) mass is 308 g/mol. The molecule has 1 heterocycles. The molecule has 1 aliphatic rings. The molecule has 1 aromatic rings. The zero-order valence-electron chi connectivity index (χ0n) is 10.8. The van der Waals surface area contributed by atoms with Crippen molar-refractivity contribution in [2.45, 2.75) is 38.0 Å². The summed E-state index contributed by atoms with van der Waals surface area (Å²) in [7, 11) is 0. The molecular formula is C13H16ClF3N2O. The molecule has 2 N–H and O–H groups in total. The van der Waals surface area contributed by atoms with Gasteiger partial charge >= 0.3 is 6.18 Å². The SMILES string of the molecule is OC1CCCC(CNc2ncc(C(F)(F)F)cc2Cl)C1. The molecule has 112 valence electrons. The van der Waals surface area contributed by atoms with Crippen molar-refractivity contribution >= 4 is 17.4 Å². The number of nitrogens with zero attached hydrogens (tertiary/aromatic N) is 1. The predicted molar refractivity (Wildman–Crippen MR) is 70.7 cm³/mol. The van der Waals surface area contributed by atoms with Crippen LogP contribution < -0.4 is 5.32 Å². The van der Waals surface area contributed by atoms with Crippen LogP contribution in [0, 0.1) is 5.92 Å². The minimum atomic E-state index is -4.44. The lowest BCUT2D eigenvalue weighted by molar-refractivity contribution is -0.137. The summed E-state index contributed by atoms with van der Waals surface area (Å²) in [5.41, 5.74) is -0.860. The number of aromatic nitrogens is 1. The molecule has 7 heteroatoms. The molecule has 1 fully saturated rings. The van der Waals surface area contributed by atoms with E-state index < -0.39 is 11.7 Å². The van der Waals surface area contributed by atoms with Gasteiger partial charge in [-0.15, -0.1) is 0 Å². The first-order chi connectivity index (χ1) is 9.36. The number of hydrogen-bond acceptors (Lipinski definition) is 3. The van der Waals surface area contributed by atoms with Gasteiger partial charge in [0.15, 0.2) is 0 Å². The molecule has 0 saturated heterocycles. The van der Waals surface area contributed by atoms with Gasteiger partial charge in [-0.05, 0) is 31.2 Å². The third kappa shape index (κ3) is 3.99. The number of aliphatic hydroxyl groups excluding tert-OH is 1. The van der Waals surface area contributed by atoms with Gasteiger partial charge in [-0.1, -0.05) is 18.0 Å². The number of alkyl halides is 3. The van der Waals surface area contributed by atoms with Crippen LogP contribution in [-0.2, 0) is 6.18 Å². The maximum absolute atomic E-state index is 12.5. The van der Waals surface area contributed by atoms with Gasteiger partial charge in [0.1, 0.15) is 5.82 Å². The Balaban J connectivity index is 1.96. The van der Waals surface area contributed by atoms with Crippen LogP contribution in [0.15, 0.2) is 12.3 Å². The number of hydrogen-bond donors (Lipinski definition) is 2. The van der Waals surface area contributed by atoms with Crippen molar-refractivity contribution in [1.29, 1.82) is 0 Å². The molecule has 0 aromatic carbocycles. The smallest absolute Gasteiger partial charge is 0.393 e. The van der Waals surface area contributed by atoms with Gasteiger partial charge in [0.05, 0.1) is 16.7 Å². The molecule has 3 nitrogen and oxygen atoms in total. The number of pyridine rings is 1. The number of halogens is 4. The molecule has 1 aromatic heterocycles. The van der Waals surface area contributed by atoms with Crippen molar-refractivity contribution in [1.82, 2.24) is 4.98 Å². The van der Waals surface area contributed by atoms with Gasteiger partial charge in [-0.3, -0.25) is 0 Å². The van der Waals surface area contributed by atoms with Crippen LogP contribution in [0.2, 0.25) is 5.02 Å². The third-order valence-corrected chi connectivity index (χ3v) is 3.77. The molecule has 20 heavy (non-hydrogen) atoms. The topological polar surface area (TPSA) is 45.1 Å². The molecule has 1 aliphatic carbocycles. The van der Waals surface area contributed by atoms with Crippen molar-refractivity contribution in [3.63, 3.8) is 0 Å². The standard InChI is InChI=1S/C13H16ClF3N2O/c14-11-5-9(13(15,16)17)7-19-12(11)18-6-8-2-1-3-10(20)4-8/h5,7-8,10,20H,1-4,6H2,(H,18,19). The summed E-state index contributed by atoms with van der Waals surface area (Å²) in [6.45, 7) is 0.551. The Hall–Kier alpha value is -1.01. The van der Waals surface area contributed by atoms with E-state index in [0.29, 0.717) is 18.9 Å². The first-order valence-electron chi connectivity index (χ1n) is 6.51. The predicted octanol–water partition coefficient (Wildman–Crippen LogP) is 3.72. The Kier molecular flexibility index (Phi) is 4.75. The number of nitrogens with one attached hydrogen (secondary N) is 1. The molecular weight excluding hydrogens is 293 g/mol. The van der Waals surface area contributed by atoms with E-state index in [1.807, 2.05) is 0 Å². The summed E-state index contributed by atoms with van der Waals surface area (Å²) in [6.07, 6.45) is -0.496. The second-order valence-corrected chi connectivity index (χ2v) is 5.53. The highest BCUT2D eigenvalue weighted by Gasteiger charge is 2.31. The van der Waals surface area contributed by atoms with Crippen molar-refractivity contribution in [2.75, 3.05) is 11.9 Å². The van der Waals surface area contributed by atoms with Crippen LogP contribution in [0.25, 0.3) is 0 Å². The first kappa shape index (κ1) is 15.4. The Labute approximate surface area is 120 Å². The molecule has 0 radical (unpaired) electrons. The van der Waals surface area contributed by atoms with Crippen molar-refractivity contribution in [3.05, 3.63) is 22.8 Å². The summed E-state index contributed by atoms with van der Waals surface area (Å²) in [6, 6.07) is 0.868. The zero-order valence-corrected chi connectivity index (χ0v) is 11.5. The fraction of sp³-hybridized carbons (Fsp3) is 0.615. The molecule has 2 unspecified atom stereocenters. The van der Waals surface area contributed by atoms with Gasteiger partial charge < -0.3 is 10.4 Å². The lowest BCUT2D eigenvalue weighted by atomic mass is 9.87. The normalized spacial score (nSPS) is 23.6. The Morgan fingerprint density at radius 1 is 1.40 bits per heavy atom. The molecule has 0 amide bonds. The van der Waals surface area contributed by atoms with Crippen LogP contribution >= 0.6 is 11.6 Å². The van der Waals surface area contributed by atoms with E-state index in [-0.39, 0.29) is 16.9 Å². The second kappa shape index (κ2) is 6.18. The van der Waals surface area contributed by atoms with E-state index in [9.17, 15) is 18.3 Å². The van der Waals surface area contributed by atoms with Crippen molar-refractivity contribution in [3.8, 4) is 0 Å². The minimum Gasteiger partial charge on any atom is -0.393 e. The fourth-order valence-electron chi connectivity index (χ4n) is 2.41. The first-order valence-corrected chi connectivity index (χ1v) is 6.88. The summed E-state index contributed by atoms with van der Waals surface area (Å²) >= 11 is 5.81. The molecule has 1 saturated carbocycles. The summed E-state index contributed by atoms with van der Waals surface area (Å²) < 4.78 is 37.4. The highest BCUT2D eigenvalue weighted by atomic mass is 35.5. The van der Waals surface area contributed by atoms with E-state index in [1.165, 1.54) is 0 Å². The molecule has 0 aliphatic heterocycles. The van der Waals surface area contributed by atoms with Crippen LogP contribution in [0.4, 0.5) is 19.0 Å². The van der Waals surface area contributed by atoms with Gasteiger partial charge in [-0.2, -0.15) is 13.2 Å². The zero-order chi connectivity index (χ0) is 14.8. The largest absolute Gasteiger partial charge is 0.417 e. The maximum Gasteiger partial charge on any atom is 0.417 e. The Morgan fingerprint density at radius 3 is 2.75 bits per heavy atom.